The Hall–Kier alpha value is -3.24. The van der Waals surface area contributed by atoms with Crippen LogP contribution in [0.1, 0.15) is 24.2 Å². The molecule has 2 N–H and O–H groups in total. The summed E-state index contributed by atoms with van der Waals surface area (Å²) in [5.74, 6) is -1.65. The number of halogens is 2. The Morgan fingerprint density at radius 2 is 1.94 bits per heavy atom. The van der Waals surface area contributed by atoms with Crippen LogP contribution in [0.15, 0.2) is 35.7 Å². The predicted octanol–water partition coefficient (Wildman–Crippen LogP) is 4.12. The molecule has 0 fully saturated rings. The van der Waals surface area contributed by atoms with Gasteiger partial charge >= 0.3 is 6.09 Å². The first kappa shape index (κ1) is 24.4. The van der Waals surface area contributed by atoms with Crippen molar-refractivity contribution in [3.05, 3.63) is 46.2 Å². The highest BCUT2D eigenvalue weighted by molar-refractivity contribution is 6.39. The van der Waals surface area contributed by atoms with Gasteiger partial charge in [0.15, 0.2) is 11.5 Å². The summed E-state index contributed by atoms with van der Waals surface area (Å²) in [7, 11) is 1.47. The van der Waals surface area contributed by atoms with Crippen LogP contribution in [0.3, 0.4) is 0 Å². The van der Waals surface area contributed by atoms with Crippen molar-refractivity contribution in [1.82, 2.24) is 10.3 Å². The van der Waals surface area contributed by atoms with E-state index in [9.17, 15) is 9.59 Å². The van der Waals surface area contributed by atoms with Crippen molar-refractivity contribution < 1.29 is 28.6 Å². The molecular weight excluding hydrogens is 475 g/mol. The standard InChI is InChI=1S/C21H22Cl2N4O6/c1-4-25-20(29)32-21(2)13(8-26-33-21)11-31-17-7-12(5-6-16(17)30-3)19(28)27-18-14(22)9-24-10-15(18)23/h5-10,13H,4,11H2,1-3H3,(H,25,29)(H,24,27,28). The molecule has 1 aromatic carbocycles. The number of carbonyl (C=O) groups excluding carboxylic acids is 2. The maximum Gasteiger partial charge on any atom is 0.410 e. The lowest BCUT2D eigenvalue weighted by molar-refractivity contribution is -0.196. The van der Waals surface area contributed by atoms with E-state index in [-0.39, 0.29) is 33.7 Å². The van der Waals surface area contributed by atoms with Crippen LogP contribution in [0, 0.1) is 5.92 Å². The van der Waals surface area contributed by atoms with Crippen molar-refractivity contribution >= 4 is 47.1 Å². The summed E-state index contributed by atoms with van der Waals surface area (Å²) in [6.07, 6.45) is 3.59. The minimum Gasteiger partial charge on any atom is -0.493 e. The van der Waals surface area contributed by atoms with Gasteiger partial charge in [0.05, 0.1) is 29.1 Å². The monoisotopic (exact) mass is 496 g/mol. The lowest BCUT2D eigenvalue weighted by atomic mass is 10.0. The third kappa shape index (κ3) is 5.77. The predicted molar refractivity (Wildman–Crippen MR) is 122 cm³/mol. The third-order valence-electron chi connectivity index (χ3n) is 4.70. The van der Waals surface area contributed by atoms with E-state index in [1.807, 2.05) is 0 Å². The highest BCUT2D eigenvalue weighted by atomic mass is 35.5. The number of nitrogens with one attached hydrogen (secondary N) is 2. The molecule has 0 bridgehead atoms. The van der Waals surface area contributed by atoms with Crippen LogP contribution < -0.4 is 20.1 Å². The molecule has 1 aromatic heterocycles. The average Bonchev–Trinajstić information content (AvgIpc) is 3.14. The van der Waals surface area contributed by atoms with Crippen molar-refractivity contribution in [1.29, 1.82) is 0 Å². The number of methoxy groups -OCH3 is 1. The molecule has 2 aromatic rings. The van der Waals surface area contributed by atoms with Crippen LogP contribution in [0.5, 0.6) is 11.5 Å². The summed E-state index contributed by atoms with van der Waals surface area (Å²) >= 11 is 12.1. The number of anilines is 1. The summed E-state index contributed by atoms with van der Waals surface area (Å²) in [5, 5.41) is 9.35. The number of oxime groups is 1. The maximum atomic E-state index is 12.8. The van der Waals surface area contributed by atoms with Gasteiger partial charge in [-0.1, -0.05) is 28.4 Å². The van der Waals surface area contributed by atoms with Crippen LogP contribution >= 0.6 is 23.2 Å². The molecule has 10 nitrogen and oxygen atoms in total. The van der Waals surface area contributed by atoms with Crippen LogP contribution in [0.4, 0.5) is 10.5 Å². The smallest absolute Gasteiger partial charge is 0.410 e. The number of alkyl carbamates (subject to hydrolysis) is 1. The zero-order chi connectivity index (χ0) is 24.0. The van der Waals surface area contributed by atoms with Gasteiger partial charge in [-0.2, -0.15) is 0 Å². The number of benzene rings is 1. The lowest BCUT2D eigenvalue weighted by Gasteiger charge is -2.27. The molecule has 0 radical (unpaired) electrons. The number of aromatic nitrogens is 1. The number of rotatable bonds is 8. The molecule has 0 spiro atoms. The number of carbonyl (C=O) groups is 2. The van der Waals surface area contributed by atoms with E-state index in [2.05, 4.69) is 20.8 Å². The van der Waals surface area contributed by atoms with Crippen LogP contribution in [0.25, 0.3) is 0 Å². The topological polar surface area (TPSA) is 120 Å². The zero-order valence-electron chi connectivity index (χ0n) is 18.1. The van der Waals surface area contributed by atoms with Crippen molar-refractivity contribution in [2.24, 2.45) is 11.1 Å². The largest absolute Gasteiger partial charge is 0.493 e. The molecule has 0 saturated heterocycles. The zero-order valence-corrected chi connectivity index (χ0v) is 19.6. The van der Waals surface area contributed by atoms with E-state index < -0.39 is 23.7 Å². The van der Waals surface area contributed by atoms with Crippen LogP contribution in [-0.4, -0.2) is 49.2 Å². The van der Waals surface area contributed by atoms with Gasteiger partial charge in [-0.05, 0) is 25.1 Å². The van der Waals surface area contributed by atoms with Crippen molar-refractivity contribution in [3.63, 3.8) is 0 Å². The minimum atomic E-state index is -1.35. The van der Waals surface area contributed by atoms with Gasteiger partial charge in [-0.3, -0.25) is 9.78 Å². The normalized spacial score (nSPS) is 18.9. The number of pyridine rings is 1. The molecule has 2 heterocycles. The molecule has 2 amide bonds. The van der Waals surface area contributed by atoms with E-state index in [1.165, 1.54) is 31.8 Å². The quantitative estimate of drug-likeness (QED) is 0.563. The Kier molecular flexibility index (Phi) is 7.83. The van der Waals surface area contributed by atoms with E-state index >= 15 is 0 Å². The second-order valence-corrected chi connectivity index (χ2v) is 7.81. The number of ether oxygens (including phenoxy) is 3. The molecular formula is C21H22Cl2N4O6. The van der Waals surface area contributed by atoms with Crippen molar-refractivity contribution in [3.8, 4) is 11.5 Å². The number of amides is 2. The Morgan fingerprint density at radius 3 is 2.61 bits per heavy atom. The Labute approximate surface area is 200 Å². The fourth-order valence-electron chi connectivity index (χ4n) is 2.89. The number of nitrogens with zero attached hydrogens (tertiary/aromatic N) is 2. The van der Waals surface area contributed by atoms with E-state index in [4.69, 9.17) is 42.3 Å². The van der Waals surface area contributed by atoms with Crippen molar-refractivity contribution in [2.45, 2.75) is 19.6 Å². The first-order chi connectivity index (χ1) is 15.8. The Balaban J connectivity index is 1.74. The SMILES string of the molecule is CCNC(=O)OC1(C)ON=CC1COc1cc(C(=O)Nc2c(Cl)cncc2Cl)ccc1OC. The molecule has 2 unspecified atom stereocenters. The molecule has 2 atom stereocenters. The van der Waals surface area contributed by atoms with Crippen molar-refractivity contribution in [2.75, 3.05) is 25.6 Å². The molecule has 1 aliphatic rings. The van der Waals surface area contributed by atoms with Gasteiger partial charge in [0.25, 0.3) is 11.7 Å². The summed E-state index contributed by atoms with van der Waals surface area (Å²) in [4.78, 5) is 33.7. The third-order valence-corrected chi connectivity index (χ3v) is 5.27. The maximum absolute atomic E-state index is 12.8. The molecule has 0 aliphatic carbocycles. The van der Waals surface area contributed by atoms with Gasteiger partial charge < -0.3 is 29.7 Å². The van der Waals surface area contributed by atoms with E-state index in [0.717, 1.165) is 0 Å². The molecule has 33 heavy (non-hydrogen) atoms. The summed E-state index contributed by atoms with van der Waals surface area (Å²) in [6.45, 7) is 3.77. The Morgan fingerprint density at radius 1 is 1.21 bits per heavy atom. The highest BCUT2D eigenvalue weighted by Crippen LogP contribution is 2.33. The number of hydrogen-bond acceptors (Lipinski definition) is 8. The van der Waals surface area contributed by atoms with Gasteiger partial charge in [-0.25, -0.2) is 4.79 Å². The second-order valence-electron chi connectivity index (χ2n) is 7.00. The summed E-state index contributed by atoms with van der Waals surface area (Å²) < 4.78 is 16.6. The van der Waals surface area contributed by atoms with Gasteiger partial charge in [0.2, 0.25) is 0 Å². The number of hydrogen-bond donors (Lipinski definition) is 2. The molecule has 0 saturated carbocycles. The fourth-order valence-corrected chi connectivity index (χ4v) is 3.35. The first-order valence-corrected chi connectivity index (χ1v) is 10.6. The van der Waals surface area contributed by atoms with E-state index in [0.29, 0.717) is 12.3 Å². The lowest BCUT2D eigenvalue weighted by Crippen LogP contribution is -2.44. The minimum absolute atomic E-state index is 0.0306. The molecule has 1 aliphatic heterocycles. The highest BCUT2D eigenvalue weighted by Gasteiger charge is 2.44. The average molecular weight is 497 g/mol. The fraction of sp³-hybridized carbons (Fsp3) is 0.333. The Bertz CT molecular complexity index is 1050. The van der Waals surface area contributed by atoms with Gasteiger partial charge in [0, 0.05) is 31.4 Å². The molecule has 176 valence electrons. The summed E-state index contributed by atoms with van der Waals surface area (Å²) in [5.41, 5.74) is 0.515. The second kappa shape index (κ2) is 10.6. The molecule has 3 rings (SSSR count). The first-order valence-electron chi connectivity index (χ1n) is 9.87. The van der Waals surface area contributed by atoms with Crippen LogP contribution in [-0.2, 0) is 9.57 Å². The van der Waals surface area contributed by atoms with E-state index in [1.54, 1.807) is 26.0 Å². The van der Waals surface area contributed by atoms with Gasteiger partial charge in [-0.15, -0.1) is 0 Å². The summed E-state index contributed by atoms with van der Waals surface area (Å²) in [6, 6.07) is 4.65. The van der Waals surface area contributed by atoms with Gasteiger partial charge in [0.1, 0.15) is 12.5 Å². The molecule has 12 heteroatoms. The van der Waals surface area contributed by atoms with Crippen LogP contribution in [0.2, 0.25) is 10.0 Å².